The second-order valence-electron chi connectivity index (χ2n) is 4.58. The molecule has 4 nitrogen and oxygen atoms in total. The molecular formula is C16H14BrFN2O2. The summed E-state index contributed by atoms with van der Waals surface area (Å²) in [5.74, 6) is -1.28. The first-order valence-electron chi connectivity index (χ1n) is 6.56. The lowest BCUT2D eigenvalue weighted by Crippen LogP contribution is -2.37. The third-order valence-electron chi connectivity index (χ3n) is 2.97. The van der Waals surface area contributed by atoms with Crippen molar-refractivity contribution in [1.82, 2.24) is 0 Å². The van der Waals surface area contributed by atoms with Gasteiger partial charge in [0.05, 0.1) is 11.4 Å². The largest absolute Gasteiger partial charge is 0.322 e. The Morgan fingerprint density at radius 2 is 1.77 bits per heavy atom. The van der Waals surface area contributed by atoms with Crippen molar-refractivity contribution < 1.29 is 14.0 Å². The van der Waals surface area contributed by atoms with Crippen LogP contribution in [-0.4, -0.2) is 18.4 Å². The number of anilines is 2. The van der Waals surface area contributed by atoms with E-state index in [-0.39, 0.29) is 18.1 Å². The maximum Gasteiger partial charge on any atom is 0.244 e. The molecule has 2 aromatic carbocycles. The summed E-state index contributed by atoms with van der Waals surface area (Å²) < 4.78 is 14.2. The van der Waals surface area contributed by atoms with E-state index in [9.17, 15) is 14.0 Å². The maximum absolute atomic E-state index is 13.5. The Hall–Kier alpha value is -2.21. The van der Waals surface area contributed by atoms with Crippen molar-refractivity contribution in [2.45, 2.75) is 6.92 Å². The van der Waals surface area contributed by atoms with E-state index >= 15 is 0 Å². The highest BCUT2D eigenvalue weighted by molar-refractivity contribution is 9.10. The van der Waals surface area contributed by atoms with Crippen LogP contribution in [-0.2, 0) is 9.59 Å². The van der Waals surface area contributed by atoms with E-state index in [1.54, 1.807) is 24.3 Å². The van der Waals surface area contributed by atoms with Crippen molar-refractivity contribution >= 4 is 39.1 Å². The number of para-hydroxylation sites is 2. The van der Waals surface area contributed by atoms with Gasteiger partial charge in [-0.15, -0.1) is 0 Å². The number of nitrogens with one attached hydrogen (secondary N) is 1. The van der Waals surface area contributed by atoms with E-state index in [1.165, 1.54) is 30.0 Å². The SMILES string of the molecule is CC(=O)N(CC(=O)Nc1ccccc1F)c1ccccc1Br. The Kier molecular flexibility index (Phi) is 5.27. The number of carbonyl (C=O) groups excluding carboxylic acids is 2. The van der Waals surface area contributed by atoms with E-state index in [2.05, 4.69) is 21.2 Å². The molecule has 0 heterocycles. The molecule has 1 N–H and O–H groups in total. The number of halogens is 2. The van der Waals surface area contributed by atoms with E-state index < -0.39 is 11.7 Å². The number of hydrogen-bond donors (Lipinski definition) is 1. The molecule has 0 aromatic heterocycles. The van der Waals surface area contributed by atoms with Gasteiger partial charge < -0.3 is 10.2 Å². The van der Waals surface area contributed by atoms with Gasteiger partial charge in [0.1, 0.15) is 12.4 Å². The van der Waals surface area contributed by atoms with E-state index in [4.69, 9.17) is 0 Å². The highest BCUT2D eigenvalue weighted by Gasteiger charge is 2.18. The zero-order valence-electron chi connectivity index (χ0n) is 11.8. The smallest absolute Gasteiger partial charge is 0.244 e. The standard InChI is InChI=1S/C16H14BrFN2O2/c1-11(21)20(15-9-5-2-6-12(15)17)10-16(22)19-14-8-4-3-7-13(14)18/h2-9H,10H2,1H3,(H,19,22). The fraction of sp³-hybridized carbons (Fsp3) is 0.125. The molecule has 22 heavy (non-hydrogen) atoms. The first-order valence-corrected chi connectivity index (χ1v) is 7.35. The van der Waals surface area contributed by atoms with Crippen molar-refractivity contribution in [1.29, 1.82) is 0 Å². The lowest BCUT2D eigenvalue weighted by molar-refractivity contribution is -0.120. The lowest BCUT2D eigenvalue weighted by atomic mass is 10.2. The molecule has 2 rings (SSSR count). The van der Waals surface area contributed by atoms with Gasteiger partial charge in [-0.05, 0) is 40.2 Å². The highest BCUT2D eigenvalue weighted by atomic mass is 79.9. The topological polar surface area (TPSA) is 49.4 Å². The first kappa shape index (κ1) is 16.2. The Morgan fingerprint density at radius 1 is 1.14 bits per heavy atom. The Labute approximate surface area is 136 Å². The third-order valence-corrected chi connectivity index (χ3v) is 3.64. The van der Waals surface area contributed by atoms with Crippen LogP contribution in [0.25, 0.3) is 0 Å². The third kappa shape index (κ3) is 3.92. The molecule has 6 heteroatoms. The van der Waals surface area contributed by atoms with Gasteiger partial charge >= 0.3 is 0 Å². The van der Waals surface area contributed by atoms with Gasteiger partial charge in [-0.3, -0.25) is 9.59 Å². The lowest BCUT2D eigenvalue weighted by Gasteiger charge is -2.22. The van der Waals surface area contributed by atoms with Gasteiger partial charge in [0.15, 0.2) is 0 Å². The zero-order chi connectivity index (χ0) is 16.1. The summed E-state index contributed by atoms with van der Waals surface area (Å²) in [4.78, 5) is 25.2. The molecule has 2 aromatic rings. The highest BCUT2D eigenvalue weighted by Crippen LogP contribution is 2.25. The summed E-state index contributed by atoms with van der Waals surface area (Å²) in [6.07, 6.45) is 0. The van der Waals surface area contributed by atoms with E-state index in [0.717, 1.165) is 0 Å². The quantitative estimate of drug-likeness (QED) is 0.901. The fourth-order valence-electron chi connectivity index (χ4n) is 1.93. The molecule has 0 radical (unpaired) electrons. The zero-order valence-corrected chi connectivity index (χ0v) is 13.4. The van der Waals surface area contributed by atoms with Crippen molar-refractivity contribution in [3.8, 4) is 0 Å². The number of rotatable bonds is 4. The normalized spacial score (nSPS) is 10.1. The molecule has 0 saturated carbocycles. The number of nitrogens with zero attached hydrogens (tertiary/aromatic N) is 1. The molecule has 0 atom stereocenters. The summed E-state index contributed by atoms with van der Waals surface area (Å²) in [5, 5.41) is 2.46. The van der Waals surface area contributed by atoms with Crippen LogP contribution >= 0.6 is 15.9 Å². The maximum atomic E-state index is 13.5. The first-order chi connectivity index (χ1) is 10.5. The van der Waals surface area contributed by atoms with Crippen molar-refractivity contribution in [2.75, 3.05) is 16.8 Å². The predicted molar refractivity (Wildman–Crippen MR) is 87.2 cm³/mol. The summed E-state index contributed by atoms with van der Waals surface area (Å²) in [6, 6.07) is 13.0. The molecular weight excluding hydrogens is 351 g/mol. The minimum Gasteiger partial charge on any atom is -0.322 e. The van der Waals surface area contributed by atoms with Crippen LogP contribution in [0, 0.1) is 5.82 Å². The number of benzene rings is 2. The minimum atomic E-state index is -0.522. The average molecular weight is 365 g/mol. The van der Waals surface area contributed by atoms with Crippen LogP contribution in [0.3, 0.4) is 0 Å². The fourth-order valence-corrected chi connectivity index (χ4v) is 2.43. The van der Waals surface area contributed by atoms with Gasteiger partial charge in [-0.2, -0.15) is 0 Å². The molecule has 0 bridgehead atoms. The number of hydrogen-bond acceptors (Lipinski definition) is 2. The summed E-state index contributed by atoms with van der Waals surface area (Å²) >= 11 is 3.35. The van der Waals surface area contributed by atoms with Crippen LogP contribution in [0.1, 0.15) is 6.92 Å². The Balaban J connectivity index is 2.15. The summed E-state index contributed by atoms with van der Waals surface area (Å²) in [7, 11) is 0. The number of amides is 2. The van der Waals surface area contributed by atoms with Crippen molar-refractivity contribution in [2.24, 2.45) is 0 Å². The molecule has 0 saturated heterocycles. The summed E-state index contributed by atoms with van der Waals surface area (Å²) in [6.45, 7) is 1.17. The Bertz CT molecular complexity index is 706. The molecule has 0 unspecified atom stereocenters. The number of carbonyl (C=O) groups is 2. The second-order valence-corrected chi connectivity index (χ2v) is 5.44. The van der Waals surface area contributed by atoms with Gasteiger partial charge in [0, 0.05) is 11.4 Å². The molecule has 114 valence electrons. The van der Waals surface area contributed by atoms with Gasteiger partial charge in [-0.25, -0.2) is 4.39 Å². The molecule has 0 aliphatic rings. The molecule has 2 amide bonds. The van der Waals surface area contributed by atoms with Crippen molar-refractivity contribution in [3.05, 3.63) is 58.8 Å². The van der Waals surface area contributed by atoms with Crippen LogP contribution in [0.15, 0.2) is 53.0 Å². The monoisotopic (exact) mass is 364 g/mol. The van der Waals surface area contributed by atoms with E-state index in [1.807, 2.05) is 6.07 Å². The average Bonchev–Trinajstić information content (AvgIpc) is 2.48. The Morgan fingerprint density at radius 3 is 2.41 bits per heavy atom. The molecule has 0 spiro atoms. The minimum absolute atomic E-state index is 0.0862. The van der Waals surface area contributed by atoms with E-state index in [0.29, 0.717) is 10.2 Å². The van der Waals surface area contributed by atoms with Gasteiger partial charge in [-0.1, -0.05) is 24.3 Å². The van der Waals surface area contributed by atoms with Crippen molar-refractivity contribution in [3.63, 3.8) is 0 Å². The predicted octanol–water partition coefficient (Wildman–Crippen LogP) is 3.58. The molecule has 0 fully saturated rings. The van der Waals surface area contributed by atoms with Crippen LogP contribution < -0.4 is 10.2 Å². The van der Waals surface area contributed by atoms with Crippen LogP contribution in [0.4, 0.5) is 15.8 Å². The molecule has 0 aliphatic heterocycles. The van der Waals surface area contributed by atoms with Gasteiger partial charge in [0.2, 0.25) is 11.8 Å². The second kappa shape index (κ2) is 7.17. The summed E-state index contributed by atoms with van der Waals surface area (Å²) in [5.41, 5.74) is 0.668. The van der Waals surface area contributed by atoms with Gasteiger partial charge in [0.25, 0.3) is 0 Å². The van der Waals surface area contributed by atoms with Crippen LogP contribution in [0.2, 0.25) is 0 Å². The van der Waals surface area contributed by atoms with Crippen LogP contribution in [0.5, 0.6) is 0 Å². The molecule has 0 aliphatic carbocycles.